The molecular weight excluding hydrogens is 250 g/mol. The molecule has 0 radical (unpaired) electrons. The molecule has 0 saturated heterocycles. The summed E-state index contributed by atoms with van der Waals surface area (Å²) in [5.74, 6) is -0.695. The van der Waals surface area contributed by atoms with Gasteiger partial charge in [0.1, 0.15) is 0 Å². The monoisotopic (exact) mass is 264 g/mol. The first-order chi connectivity index (χ1) is 8.69. The predicted octanol–water partition coefficient (Wildman–Crippen LogP) is 0.365. The summed E-state index contributed by atoms with van der Waals surface area (Å²) in [6.07, 6.45) is 0. The van der Waals surface area contributed by atoms with Crippen molar-refractivity contribution in [2.45, 2.75) is 5.60 Å². The number of hydrogen-bond donors (Lipinski definition) is 1. The number of carbonyl (C=O) groups excluding carboxylic acids is 1. The molecule has 19 heavy (non-hydrogen) atoms. The van der Waals surface area contributed by atoms with Crippen molar-refractivity contribution < 1.29 is 14.6 Å². The Hall–Kier alpha value is -1.07. The van der Waals surface area contributed by atoms with Crippen LogP contribution in [0.25, 0.3) is 0 Å². The molecule has 2 rings (SSSR count). The van der Waals surface area contributed by atoms with Gasteiger partial charge in [-0.15, -0.1) is 0 Å². The van der Waals surface area contributed by atoms with E-state index in [0.29, 0.717) is 11.1 Å². The summed E-state index contributed by atoms with van der Waals surface area (Å²) in [6, 6.07) is 17.5. The van der Waals surface area contributed by atoms with Crippen LogP contribution in [-0.4, -0.2) is 48.7 Å². The summed E-state index contributed by atoms with van der Waals surface area (Å²) >= 11 is 0. The van der Waals surface area contributed by atoms with Gasteiger partial charge in [-0.3, -0.25) is 0 Å². The minimum atomic E-state index is -1.77. The molecule has 0 aliphatic heterocycles. The van der Waals surface area contributed by atoms with E-state index in [1.165, 1.54) is 8.05 Å². The molecule has 0 fully saturated rings. The quantitative estimate of drug-likeness (QED) is 0.814. The average Bonchev–Trinajstić information content (AvgIpc) is 2.47. The number of rotatable bonds is 3. The number of hydrogen-bond acceptors (Lipinski definition) is 3. The maximum absolute atomic E-state index is 12.0. The molecule has 0 aromatic heterocycles. The molecule has 2 aromatic rings. The van der Waals surface area contributed by atoms with Crippen molar-refractivity contribution in [2.24, 2.45) is 0 Å². The molecule has 1 N–H and O–H groups in total. The third-order valence-electron chi connectivity index (χ3n) is 2.86. The number of benzene rings is 2. The minimum absolute atomic E-state index is 0. The van der Waals surface area contributed by atoms with Gasteiger partial charge in [-0.1, -0.05) is 60.7 Å². The molecule has 0 saturated carbocycles. The predicted molar refractivity (Wildman–Crippen MR) is 77.7 cm³/mol. The fourth-order valence-electron chi connectivity index (χ4n) is 1.91. The second-order valence-corrected chi connectivity index (χ2v) is 3.93. The fourth-order valence-corrected chi connectivity index (χ4v) is 1.91. The van der Waals surface area contributed by atoms with Crippen LogP contribution in [0.3, 0.4) is 0 Å². The van der Waals surface area contributed by atoms with Crippen LogP contribution in [0.2, 0.25) is 0 Å². The van der Waals surface area contributed by atoms with E-state index in [1.807, 2.05) is 12.1 Å². The van der Waals surface area contributed by atoms with Gasteiger partial charge in [-0.25, -0.2) is 4.79 Å². The standard InChI is InChI=1S/C14H13BO3.Na.H/c15-18-13(16)14(17,11-7-3-1-4-8-11)12-9-5-2-6-10-12;;/h1-10,17H,15H2;;. The van der Waals surface area contributed by atoms with Gasteiger partial charge in [0.2, 0.25) is 5.60 Å². The van der Waals surface area contributed by atoms with E-state index >= 15 is 0 Å². The number of aliphatic hydroxyl groups is 1. The zero-order valence-corrected chi connectivity index (χ0v) is 10.0. The molecule has 0 heterocycles. The van der Waals surface area contributed by atoms with E-state index in [0.717, 1.165) is 0 Å². The summed E-state index contributed by atoms with van der Waals surface area (Å²) in [6.45, 7) is 0. The molecule has 0 spiro atoms. The normalized spacial score (nSPS) is 10.4. The van der Waals surface area contributed by atoms with Crippen LogP contribution >= 0.6 is 0 Å². The summed E-state index contributed by atoms with van der Waals surface area (Å²) in [5.41, 5.74) is -0.789. The van der Waals surface area contributed by atoms with Crippen LogP contribution in [0.5, 0.6) is 0 Å². The summed E-state index contributed by atoms with van der Waals surface area (Å²) in [4.78, 5) is 12.0. The van der Waals surface area contributed by atoms with Crippen molar-refractivity contribution in [1.82, 2.24) is 0 Å². The molecule has 2 aromatic carbocycles. The summed E-state index contributed by atoms with van der Waals surface area (Å²) in [5, 5.41) is 10.7. The molecule has 5 heteroatoms. The van der Waals surface area contributed by atoms with E-state index in [2.05, 4.69) is 0 Å². The van der Waals surface area contributed by atoms with Crippen molar-refractivity contribution in [3.05, 3.63) is 71.8 Å². The third kappa shape index (κ3) is 3.10. The van der Waals surface area contributed by atoms with Gasteiger partial charge in [0.15, 0.2) is 0 Å². The zero-order chi connectivity index (χ0) is 13.0. The topological polar surface area (TPSA) is 46.5 Å². The fraction of sp³-hybridized carbons (Fsp3) is 0.0714. The summed E-state index contributed by atoms with van der Waals surface area (Å²) in [7, 11) is 1.26. The van der Waals surface area contributed by atoms with Gasteiger partial charge in [0, 0.05) is 0 Å². The Bertz CT molecular complexity index is 491. The van der Waals surface area contributed by atoms with Gasteiger partial charge in [0.25, 0.3) is 0 Å². The van der Waals surface area contributed by atoms with Gasteiger partial charge in [-0.05, 0) is 11.1 Å². The Labute approximate surface area is 135 Å². The SMILES string of the molecule is BOC(=O)C(O)(c1ccccc1)c1ccccc1.[NaH]. The van der Waals surface area contributed by atoms with E-state index in [1.54, 1.807) is 48.5 Å². The average molecular weight is 264 g/mol. The third-order valence-corrected chi connectivity index (χ3v) is 2.86. The van der Waals surface area contributed by atoms with Gasteiger partial charge in [0.05, 0.1) is 0 Å². The molecular formula is C14H14BNaO3. The molecule has 0 unspecified atom stereocenters. The molecule has 3 nitrogen and oxygen atoms in total. The van der Waals surface area contributed by atoms with E-state index in [9.17, 15) is 9.90 Å². The van der Waals surface area contributed by atoms with Crippen molar-refractivity contribution >= 4 is 43.6 Å². The molecule has 92 valence electrons. The van der Waals surface area contributed by atoms with Gasteiger partial charge < -0.3 is 9.76 Å². The Morgan fingerprint density at radius 3 is 1.63 bits per heavy atom. The maximum atomic E-state index is 12.0. The summed E-state index contributed by atoms with van der Waals surface area (Å²) < 4.78 is 4.74. The van der Waals surface area contributed by atoms with Gasteiger partial charge in [-0.2, -0.15) is 0 Å². The van der Waals surface area contributed by atoms with Crippen LogP contribution < -0.4 is 0 Å². The molecule has 0 amide bonds. The molecule has 0 bridgehead atoms. The Balaban J connectivity index is 0.00000180. The van der Waals surface area contributed by atoms with Crippen LogP contribution in [0.1, 0.15) is 11.1 Å². The van der Waals surface area contributed by atoms with Crippen LogP contribution in [0.15, 0.2) is 60.7 Å². The van der Waals surface area contributed by atoms with Crippen molar-refractivity contribution in [1.29, 1.82) is 0 Å². The molecule has 0 atom stereocenters. The Kier molecular flexibility index (Phi) is 5.82. The van der Waals surface area contributed by atoms with Crippen molar-refractivity contribution in [3.8, 4) is 0 Å². The first kappa shape index (κ1) is 16.0. The second-order valence-electron chi connectivity index (χ2n) is 3.93. The Morgan fingerprint density at radius 2 is 1.32 bits per heavy atom. The van der Waals surface area contributed by atoms with Crippen LogP contribution in [0, 0.1) is 0 Å². The van der Waals surface area contributed by atoms with Crippen LogP contribution in [-0.2, 0) is 15.0 Å². The van der Waals surface area contributed by atoms with Gasteiger partial charge >= 0.3 is 43.6 Å². The van der Waals surface area contributed by atoms with E-state index in [4.69, 9.17) is 4.65 Å². The second kappa shape index (κ2) is 6.92. The first-order valence-electron chi connectivity index (χ1n) is 5.61. The first-order valence-corrected chi connectivity index (χ1v) is 5.61. The van der Waals surface area contributed by atoms with Crippen molar-refractivity contribution in [2.75, 3.05) is 0 Å². The number of carbonyl (C=O) groups is 1. The Morgan fingerprint density at radius 1 is 0.947 bits per heavy atom. The molecule has 0 aliphatic rings. The van der Waals surface area contributed by atoms with Crippen LogP contribution in [0.4, 0.5) is 0 Å². The van der Waals surface area contributed by atoms with E-state index in [-0.39, 0.29) is 29.6 Å². The van der Waals surface area contributed by atoms with Crippen molar-refractivity contribution in [3.63, 3.8) is 0 Å². The molecule has 0 aliphatic carbocycles. The van der Waals surface area contributed by atoms with E-state index < -0.39 is 11.6 Å². The zero-order valence-electron chi connectivity index (χ0n) is 10.0.